The van der Waals surface area contributed by atoms with Gasteiger partial charge in [0.05, 0.1) is 17.1 Å². The lowest BCUT2D eigenvalue weighted by molar-refractivity contribution is -0.118. The van der Waals surface area contributed by atoms with Gasteiger partial charge in [0.15, 0.2) is 6.61 Å². The average Bonchev–Trinajstić information content (AvgIpc) is 2.28. The van der Waals surface area contributed by atoms with E-state index in [4.69, 9.17) is 10.5 Å². The first-order valence-electron chi connectivity index (χ1n) is 5.93. The molecular formula is C11H16N4O4S. The number of ether oxygens (including phenoxy) is 1. The predicted octanol–water partition coefficient (Wildman–Crippen LogP) is 0.254. The quantitative estimate of drug-likeness (QED) is 0.594. The minimum absolute atomic E-state index is 0.0909. The number of benzene rings is 1. The SMILES string of the molecule is CC(C)NS(=O)(=O)Nc1cc2c(cc1N)OCC(=O)N2. The van der Waals surface area contributed by atoms with E-state index in [0.717, 1.165) is 0 Å². The second-order valence-electron chi connectivity index (χ2n) is 4.65. The lowest BCUT2D eigenvalue weighted by Gasteiger charge is -2.20. The summed E-state index contributed by atoms with van der Waals surface area (Å²) in [6.07, 6.45) is 0. The number of nitrogens with one attached hydrogen (secondary N) is 3. The molecule has 0 radical (unpaired) electrons. The van der Waals surface area contributed by atoms with Gasteiger partial charge in [-0.25, -0.2) is 0 Å². The Bertz CT molecular complexity index is 642. The maximum Gasteiger partial charge on any atom is 0.299 e. The van der Waals surface area contributed by atoms with Gasteiger partial charge < -0.3 is 15.8 Å². The van der Waals surface area contributed by atoms with Crippen LogP contribution >= 0.6 is 0 Å². The van der Waals surface area contributed by atoms with Gasteiger partial charge in [-0.3, -0.25) is 9.52 Å². The first-order valence-corrected chi connectivity index (χ1v) is 7.41. The molecule has 20 heavy (non-hydrogen) atoms. The molecule has 0 bridgehead atoms. The van der Waals surface area contributed by atoms with E-state index in [1.165, 1.54) is 12.1 Å². The number of nitrogen functional groups attached to an aromatic ring is 1. The zero-order chi connectivity index (χ0) is 14.9. The molecule has 0 aliphatic carbocycles. The number of hydrogen-bond donors (Lipinski definition) is 4. The molecule has 1 aromatic rings. The second kappa shape index (κ2) is 5.17. The summed E-state index contributed by atoms with van der Waals surface area (Å²) in [7, 11) is -3.73. The van der Waals surface area contributed by atoms with Crippen LogP contribution in [0.4, 0.5) is 17.1 Å². The number of hydrogen-bond acceptors (Lipinski definition) is 5. The summed E-state index contributed by atoms with van der Waals surface area (Å²) in [6.45, 7) is 3.30. The van der Waals surface area contributed by atoms with Crippen molar-refractivity contribution in [2.75, 3.05) is 22.4 Å². The smallest absolute Gasteiger partial charge is 0.299 e. The Kier molecular flexibility index (Phi) is 3.73. The molecule has 0 aromatic heterocycles. The van der Waals surface area contributed by atoms with Crippen molar-refractivity contribution >= 4 is 33.2 Å². The van der Waals surface area contributed by atoms with Crippen molar-refractivity contribution in [2.45, 2.75) is 19.9 Å². The Morgan fingerprint density at radius 3 is 2.75 bits per heavy atom. The van der Waals surface area contributed by atoms with E-state index in [1.54, 1.807) is 13.8 Å². The molecule has 0 fully saturated rings. The predicted molar refractivity (Wildman–Crippen MR) is 75.8 cm³/mol. The highest BCUT2D eigenvalue weighted by atomic mass is 32.2. The Morgan fingerprint density at radius 1 is 1.40 bits per heavy atom. The number of fused-ring (bicyclic) bond motifs is 1. The maximum atomic E-state index is 11.8. The lowest BCUT2D eigenvalue weighted by Crippen LogP contribution is -2.35. The molecule has 0 spiro atoms. The molecule has 1 amide bonds. The summed E-state index contributed by atoms with van der Waals surface area (Å²) in [5, 5.41) is 2.58. The van der Waals surface area contributed by atoms with Crippen LogP contribution in [0.1, 0.15) is 13.8 Å². The van der Waals surface area contributed by atoms with E-state index in [-0.39, 0.29) is 29.9 Å². The molecule has 0 saturated heterocycles. The van der Waals surface area contributed by atoms with Gasteiger partial charge >= 0.3 is 0 Å². The van der Waals surface area contributed by atoms with Crippen molar-refractivity contribution in [1.29, 1.82) is 0 Å². The Morgan fingerprint density at radius 2 is 2.10 bits per heavy atom. The summed E-state index contributed by atoms with van der Waals surface area (Å²) in [5.41, 5.74) is 6.51. The molecule has 1 heterocycles. The lowest BCUT2D eigenvalue weighted by atomic mass is 10.2. The number of carbonyl (C=O) groups excluding carboxylic acids is 1. The summed E-state index contributed by atoms with van der Waals surface area (Å²) >= 11 is 0. The fourth-order valence-electron chi connectivity index (χ4n) is 1.72. The second-order valence-corrected chi connectivity index (χ2v) is 6.10. The molecule has 1 aliphatic heterocycles. The largest absolute Gasteiger partial charge is 0.482 e. The zero-order valence-electron chi connectivity index (χ0n) is 11.1. The van der Waals surface area contributed by atoms with Crippen LogP contribution in [-0.2, 0) is 15.0 Å². The first-order chi connectivity index (χ1) is 9.27. The van der Waals surface area contributed by atoms with Crippen LogP contribution in [0.15, 0.2) is 12.1 Å². The van der Waals surface area contributed by atoms with Crippen LogP contribution in [0.5, 0.6) is 5.75 Å². The molecular weight excluding hydrogens is 284 g/mol. The Balaban J connectivity index is 2.29. The molecule has 1 aliphatic rings. The van der Waals surface area contributed by atoms with Crippen LogP contribution in [0.25, 0.3) is 0 Å². The van der Waals surface area contributed by atoms with Gasteiger partial charge in [0.25, 0.3) is 16.1 Å². The summed E-state index contributed by atoms with van der Waals surface area (Å²) < 4.78 is 33.5. The fraction of sp³-hybridized carbons (Fsp3) is 0.364. The topological polar surface area (TPSA) is 123 Å². The van der Waals surface area contributed by atoms with Gasteiger partial charge in [0, 0.05) is 12.1 Å². The maximum absolute atomic E-state index is 11.8. The van der Waals surface area contributed by atoms with Gasteiger partial charge in [-0.05, 0) is 19.9 Å². The highest BCUT2D eigenvalue weighted by molar-refractivity contribution is 7.90. The summed E-state index contributed by atoms with van der Waals surface area (Å²) in [4.78, 5) is 11.2. The molecule has 1 aromatic carbocycles. The van der Waals surface area contributed by atoms with Gasteiger partial charge in [-0.15, -0.1) is 0 Å². The monoisotopic (exact) mass is 300 g/mol. The molecule has 9 heteroatoms. The number of anilines is 3. The molecule has 110 valence electrons. The van der Waals surface area contributed by atoms with Gasteiger partial charge in [-0.2, -0.15) is 13.1 Å². The van der Waals surface area contributed by atoms with E-state index < -0.39 is 10.2 Å². The van der Waals surface area contributed by atoms with Crippen molar-refractivity contribution in [3.05, 3.63) is 12.1 Å². The van der Waals surface area contributed by atoms with Crippen molar-refractivity contribution < 1.29 is 17.9 Å². The van der Waals surface area contributed by atoms with Crippen molar-refractivity contribution in [1.82, 2.24) is 4.72 Å². The Labute approximate surface area is 116 Å². The summed E-state index contributed by atoms with van der Waals surface area (Å²) in [5.74, 6) is 0.0956. The first kappa shape index (κ1) is 14.4. The molecule has 0 atom stereocenters. The fourth-order valence-corrected chi connectivity index (χ4v) is 2.86. The number of nitrogens with two attached hydrogens (primary N) is 1. The van der Waals surface area contributed by atoms with Crippen LogP contribution in [0.2, 0.25) is 0 Å². The molecule has 2 rings (SSSR count). The minimum atomic E-state index is -3.73. The van der Waals surface area contributed by atoms with Crippen molar-refractivity contribution in [3.8, 4) is 5.75 Å². The van der Waals surface area contributed by atoms with Crippen molar-refractivity contribution in [2.24, 2.45) is 0 Å². The van der Waals surface area contributed by atoms with Gasteiger partial charge in [0.1, 0.15) is 5.75 Å². The van der Waals surface area contributed by atoms with Gasteiger partial charge in [-0.1, -0.05) is 0 Å². The van der Waals surface area contributed by atoms with E-state index in [9.17, 15) is 13.2 Å². The van der Waals surface area contributed by atoms with Crippen LogP contribution in [-0.4, -0.2) is 27.0 Å². The van der Waals surface area contributed by atoms with E-state index in [2.05, 4.69) is 14.8 Å². The van der Waals surface area contributed by atoms with Crippen molar-refractivity contribution in [3.63, 3.8) is 0 Å². The third-order valence-corrected chi connectivity index (χ3v) is 3.69. The third-order valence-electron chi connectivity index (χ3n) is 2.42. The standard InChI is InChI=1S/C11H16N4O4S/c1-6(2)14-20(17,18)15-8-4-9-10(3-7(8)12)19-5-11(16)13-9/h3-4,6,14-15H,5,12H2,1-2H3,(H,13,16). The molecule has 0 unspecified atom stereocenters. The summed E-state index contributed by atoms with van der Waals surface area (Å²) in [6, 6.07) is 2.62. The van der Waals surface area contributed by atoms with E-state index in [1.807, 2.05) is 0 Å². The van der Waals surface area contributed by atoms with Crippen LogP contribution in [0.3, 0.4) is 0 Å². The van der Waals surface area contributed by atoms with E-state index >= 15 is 0 Å². The van der Waals surface area contributed by atoms with E-state index in [0.29, 0.717) is 11.4 Å². The number of rotatable bonds is 4. The molecule has 0 saturated carbocycles. The minimum Gasteiger partial charge on any atom is -0.482 e. The Hall–Kier alpha value is -2.00. The third kappa shape index (κ3) is 3.31. The number of carbonyl (C=O) groups is 1. The number of amides is 1. The van der Waals surface area contributed by atoms with Gasteiger partial charge in [0.2, 0.25) is 0 Å². The highest BCUT2D eigenvalue weighted by Gasteiger charge is 2.20. The zero-order valence-corrected chi connectivity index (χ0v) is 11.9. The average molecular weight is 300 g/mol. The van der Waals surface area contributed by atoms with Crippen LogP contribution < -0.4 is 25.2 Å². The highest BCUT2D eigenvalue weighted by Crippen LogP contribution is 2.35. The molecule has 8 nitrogen and oxygen atoms in total. The molecule has 5 N–H and O–H groups in total. The van der Waals surface area contributed by atoms with Crippen LogP contribution in [0, 0.1) is 0 Å². The normalized spacial score (nSPS) is 14.4.